The van der Waals surface area contributed by atoms with Crippen LogP contribution >= 0.6 is 0 Å². The van der Waals surface area contributed by atoms with Gasteiger partial charge in [0.1, 0.15) is 0 Å². The molecule has 1 aliphatic carbocycles. The molecule has 42 heavy (non-hydrogen) atoms. The summed E-state index contributed by atoms with van der Waals surface area (Å²) in [5, 5.41) is 12.1. The van der Waals surface area contributed by atoms with Crippen molar-refractivity contribution in [3.8, 4) is 0 Å². The number of nitrogens with zero attached hydrogens (tertiary/aromatic N) is 4. The summed E-state index contributed by atoms with van der Waals surface area (Å²) in [5.41, 5.74) is 2.27. The van der Waals surface area contributed by atoms with E-state index in [0.29, 0.717) is 55.7 Å². The molecule has 0 spiro atoms. The van der Waals surface area contributed by atoms with Crippen molar-refractivity contribution in [2.45, 2.75) is 56.0 Å². The van der Waals surface area contributed by atoms with Gasteiger partial charge in [0.15, 0.2) is 17.3 Å². The van der Waals surface area contributed by atoms with Crippen LogP contribution in [0.1, 0.15) is 72.8 Å². The number of imidazole rings is 1. The molecule has 12 heteroatoms. The highest BCUT2D eigenvalue weighted by atomic mass is 19.2. The Bertz CT molecular complexity index is 1700. The number of piperidine rings is 1. The van der Waals surface area contributed by atoms with Crippen molar-refractivity contribution in [1.29, 1.82) is 0 Å². The maximum absolute atomic E-state index is 14.9. The Hall–Kier alpha value is -4.61. The van der Waals surface area contributed by atoms with Crippen LogP contribution in [0.5, 0.6) is 0 Å². The Morgan fingerprint density at radius 2 is 1.71 bits per heavy atom. The second-order valence-electron chi connectivity index (χ2n) is 10.9. The molecule has 10 nitrogen and oxygen atoms in total. The molecule has 1 saturated heterocycles. The molecule has 2 aliphatic rings. The molecule has 0 saturated carbocycles. The first-order chi connectivity index (χ1) is 20.3. The van der Waals surface area contributed by atoms with E-state index < -0.39 is 29.7 Å². The number of fused-ring (bicyclic) bond motifs is 2. The number of benzene rings is 1. The lowest BCUT2D eigenvalue weighted by Gasteiger charge is -2.33. The van der Waals surface area contributed by atoms with Crippen LogP contribution in [0.15, 0.2) is 59.7 Å². The minimum Gasteiger partial charge on any atom is -0.465 e. The van der Waals surface area contributed by atoms with E-state index in [-0.39, 0.29) is 35.5 Å². The summed E-state index contributed by atoms with van der Waals surface area (Å²) in [6.45, 7) is 0.954. The minimum atomic E-state index is -1.29. The van der Waals surface area contributed by atoms with Gasteiger partial charge in [0.05, 0.1) is 11.6 Å². The minimum absolute atomic E-state index is 0.0652. The van der Waals surface area contributed by atoms with Gasteiger partial charge in [-0.25, -0.2) is 23.4 Å². The summed E-state index contributed by atoms with van der Waals surface area (Å²) in [6, 6.07) is 10.0. The molecule has 0 radical (unpaired) electrons. The van der Waals surface area contributed by atoms with Crippen molar-refractivity contribution >= 4 is 23.2 Å². The average Bonchev–Trinajstić information content (AvgIpc) is 3.25. The lowest BCUT2D eigenvalue weighted by molar-refractivity contribution is -0.133. The fourth-order valence-electron chi connectivity index (χ4n) is 6.62. The first kappa shape index (κ1) is 27.6. The van der Waals surface area contributed by atoms with Crippen LogP contribution < -0.4 is 11.0 Å². The maximum Gasteiger partial charge on any atom is 0.405 e. The largest absolute Gasteiger partial charge is 0.465 e. The van der Waals surface area contributed by atoms with Gasteiger partial charge in [0.2, 0.25) is 5.91 Å². The molecule has 4 heterocycles. The van der Waals surface area contributed by atoms with E-state index >= 15 is 0 Å². The van der Waals surface area contributed by atoms with Crippen molar-refractivity contribution in [1.82, 2.24) is 29.7 Å². The van der Waals surface area contributed by atoms with E-state index in [0.717, 1.165) is 11.6 Å². The first-order valence-electron chi connectivity index (χ1n) is 14.0. The summed E-state index contributed by atoms with van der Waals surface area (Å²) >= 11 is 0. The third-order valence-corrected chi connectivity index (χ3v) is 8.57. The van der Waals surface area contributed by atoms with E-state index in [1.54, 1.807) is 40.1 Å². The van der Waals surface area contributed by atoms with Crippen LogP contribution in [0.4, 0.5) is 13.6 Å². The van der Waals surface area contributed by atoms with Gasteiger partial charge in [-0.15, -0.1) is 0 Å². The molecule has 1 fully saturated rings. The zero-order chi connectivity index (χ0) is 29.4. The predicted octanol–water partition coefficient (Wildman–Crippen LogP) is 4.62. The van der Waals surface area contributed by atoms with Crippen LogP contribution in [-0.2, 0) is 4.79 Å². The van der Waals surface area contributed by atoms with Crippen molar-refractivity contribution in [2.24, 2.45) is 0 Å². The number of hydrogen-bond donors (Lipinski definition) is 3. The van der Waals surface area contributed by atoms with Gasteiger partial charge in [-0.1, -0.05) is 18.2 Å². The number of aromatic nitrogens is 4. The number of amides is 2. The van der Waals surface area contributed by atoms with E-state index in [1.807, 2.05) is 6.07 Å². The van der Waals surface area contributed by atoms with Crippen LogP contribution in [0.3, 0.4) is 0 Å². The fraction of sp³-hybridized carbons (Fsp3) is 0.367. The summed E-state index contributed by atoms with van der Waals surface area (Å²) in [5.74, 6) is -3.11. The maximum atomic E-state index is 14.9. The molecule has 1 aromatic carbocycles. The molecule has 0 unspecified atom stereocenters. The number of carbonyl (C=O) groups excluding carboxylic acids is 1. The van der Waals surface area contributed by atoms with Crippen LogP contribution in [-0.4, -0.2) is 54.6 Å². The first-order valence-corrected chi connectivity index (χ1v) is 14.0. The Balaban J connectivity index is 1.22. The van der Waals surface area contributed by atoms with Crippen molar-refractivity contribution in [2.75, 3.05) is 13.1 Å². The van der Waals surface area contributed by atoms with Crippen molar-refractivity contribution < 1.29 is 23.5 Å². The van der Waals surface area contributed by atoms with Gasteiger partial charge in [-0.3, -0.25) is 19.3 Å². The molecule has 1 aliphatic heterocycles. The molecule has 3 N–H and O–H groups in total. The normalized spacial score (nSPS) is 21.1. The molecule has 0 bridgehead atoms. The Morgan fingerprint density at radius 1 is 0.976 bits per heavy atom. The molecule has 218 valence electrons. The second kappa shape index (κ2) is 11.3. The standard InChI is InChI=1S/C30H30F2N6O4/c31-22-6-1-4-19(25(22)32)20-9-8-17(26-21(5-2-12-33-26)27(20)35-30(41)42)16-24(39)37-14-10-18(11-15-37)38-23-7-3-13-34-28(23)36-29(38)40/h1-7,12-13,17-18,20,27,35H,8-11,14-16H2,(H,41,42)(H,34,36,40)/t17-,20-,27+/m1/s1. The lowest BCUT2D eigenvalue weighted by atomic mass is 9.85. The number of likely N-dealkylation sites (tertiary alicyclic amines) is 1. The fourth-order valence-corrected chi connectivity index (χ4v) is 6.62. The number of aromatic amines is 1. The van der Waals surface area contributed by atoms with Gasteiger partial charge in [-0.2, -0.15) is 0 Å². The molecular weight excluding hydrogens is 546 g/mol. The van der Waals surface area contributed by atoms with E-state index in [1.165, 1.54) is 12.1 Å². The average molecular weight is 577 g/mol. The third kappa shape index (κ3) is 5.12. The van der Waals surface area contributed by atoms with Gasteiger partial charge >= 0.3 is 11.8 Å². The van der Waals surface area contributed by atoms with E-state index in [2.05, 4.69) is 20.3 Å². The number of rotatable bonds is 5. The second-order valence-corrected chi connectivity index (χ2v) is 10.9. The summed E-state index contributed by atoms with van der Waals surface area (Å²) in [6.07, 6.45) is 4.04. The molecular formula is C30H30F2N6O4. The number of carbonyl (C=O) groups is 2. The molecule has 3 aromatic heterocycles. The summed E-state index contributed by atoms with van der Waals surface area (Å²) < 4.78 is 30.9. The zero-order valence-electron chi connectivity index (χ0n) is 22.7. The number of carboxylic acid groups (broad SMARTS) is 1. The van der Waals surface area contributed by atoms with Crippen molar-refractivity contribution in [3.05, 3.63) is 93.8 Å². The summed E-state index contributed by atoms with van der Waals surface area (Å²) in [4.78, 5) is 51.3. The molecule has 4 aromatic rings. The van der Waals surface area contributed by atoms with E-state index in [9.17, 15) is 28.3 Å². The molecule has 6 rings (SSSR count). The molecule has 2 amide bonds. The number of halogens is 2. The van der Waals surface area contributed by atoms with Crippen LogP contribution in [0.2, 0.25) is 0 Å². The Labute approximate surface area is 239 Å². The van der Waals surface area contributed by atoms with Crippen LogP contribution in [0, 0.1) is 11.6 Å². The quantitative estimate of drug-likeness (QED) is 0.297. The Kier molecular flexibility index (Phi) is 7.44. The number of nitrogens with one attached hydrogen (secondary N) is 2. The highest BCUT2D eigenvalue weighted by Crippen LogP contribution is 2.45. The SMILES string of the molecule is O=C(O)N[C@@H]1c2cccnc2[C@@H](CC(=O)N2CCC(n3c(=O)[nH]c4ncccc43)CC2)CC[C@@H]1c1cccc(F)c1F. The van der Waals surface area contributed by atoms with Crippen molar-refractivity contribution in [3.63, 3.8) is 0 Å². The smallest absolute Gasteiger partial charge is 0.405 e. The lowest BCUT2D eigenvalue weighted by Crippen LogP contribution is -2.41. The van der Waals surface area contributed by atoms with E-state index in [4.69, 9.17) is 0 Å². The number of hydrogen-bond acceptors (Lipinski definition) is 5. The zero-order valence-corrected chi connectivity index (χ0v) is 22.7. The van der Waals surface area contributed by atoms with Gasteiger partial charge in [0, 0.05) is 55.5 Å². The third-order valence-electron chi connectivity index (χ3n) is 8.57. The van der Waals surface area contributed by atoms with Gasteiger partial charge in [0.25, 0.3) is 0 Å². The van der Waals surface area contributed by atoms with Gasteiger partial charge in [-0.05, 0) is 61.1 Å². The summed E-state index contributed by atoms with van der Waals surface area (Å²) in [7, 11) is 0. The highest BCUT2D eigenvalue weighted by molar-refractivity contribution is 5.77. The van der Waals surface area contributed by atoms with Crippen LogP contribution in [0.25, 0.3) is 11.2 Å². The predicted molar refractivity (Wildman–Crippen MR) is 149 cm³/mol. The monoisotopic (exact) mass is 576 g/mol. The molecule has 3 atom stereocenters. The topological polar surface area (TPSA) is 133 Å². The highest BCUT2D eigenvalue weighted by Gasteiger charge is 2.37. The Morgan fingerprint density at radius 3 is 2.50 bits per heavy atom. The number of pyridine rings is 2. The number of H-pyrrole nitrogens is 1. The van der Waals surface area contributed by atoms with Gasteiger partial charge < -0.3 is 15.3 Å².